The lowest BCUT2D eigenvalue weighted by Crippen LogP contribution is -2.50. The minimum absolute atomic E-state index is 0.217. The molecule has 1 N–H and O–H groups in total. The highest BCUT2D eigenvalue weighted by atomic mass is 16.6. The van der Waals surface area contributed by atoms with Crippen LogP contribution in [0.25, 0.3) is 0 Å². The van der Waals surface area contributed by atoms with Gasteiger partial charge in [0.05, 0.1) is 0 Å². The molecule has 0 radical (unpaired) electrons. The molecule has 0 spiro atoms. The van der Waals surface area contributed by atoms with Crippen LogP contribution in [-0.4, -0.2) is 23.7 Å². The Hall–Kier alpha value is -1.01. The van der Waals surface area contributed by atoms with Crippen LogP contribution in [0.4, 0.5) is 0 Å². The molecule has 1 saturated heterocycles. The van der Waals surface area contributed by atoms with E-state index in [1.54, 1.807) is 0 Å². The minimum Gasteiger partial charge on any atom is -0.459 e. The average molecular weight is 209 g/mol. The quantitative estimate of drug-likeness (QED) is 0.553. The van der Waals surface area contributed by atoms with Gasteiger partial charge in [0.25, 0.3) is 0 Å². The van der Waals surface area contributed by atoms with Crippen LogP contribution in [0.5, 0.6) is 0 Å². The SMILES string of the molecule is C#CCC1(C(=O)OC(C)(C)C)CCCN1. The van der Waals surface area contributed by atoms with Crippen LogP contribution in [-0.2, 0) is 9.53 Å². The Morgan fingerprint density at radius 3 is 2.67 bits per heavy atom. The van der Waals surface area contributed by atoms with Crippen molar-refractivity contribution >= 4 is 5.97 Å². The highest BCUT2D eigenvalue weighted by Gasteiger charge is 2.43. The average Bonchev–Trinajstić information content (AvgIpc) is 2.51. The summed E-state index contributed by atoms with van der Waals surface area (Å²) in [5, 5.41) is 3.18. The number of ether oxygens (including phenoxy) is 1. The van der Waals surface area contributed by atoms with E-state index in [0.29, 0.717) is 6.42 Å². The molecule has 3 nitrogen and oxygen atoms in total. The van der Waals surface area contributed by atoms with E-state index < -0.39 is 11.1 Å². The maximum Gasteiger partial charge on any atom is 0.327 e. The first-order valence-electron chi connectivity index (χ1n) is 5.32. The molecular formula is C12H19NO2. The molecule has 0 bridgehead atoms. The van der Waals surface area contributed by atoms with Crippen LogP contribution in [0, 0.1) is 12.3 Å². The van der Waals surface area contributed by atoms with E-state index in [4.69, 9.17) is 11.2 Å². The third-order valence-electron chi connectivity index (χ3n) is 2.44. The van der Waals surface area contributed by atoms with Gasteiger partial charge in [0.15, 0.2) is 0 Å². The van der Waals surface area contributed by atoms with Crippen LogP contribution in [0.15, 0.2) is 0 Å². The summed E-state index contributed by atoms with van der Waals surface area (Å²) in [6, 6.07) is 0. The Bertz CT molecular complexity index is 277. The van der Waals surface area contributed by atoms with E-state index in [0.717, 1.165) is 19.4 Å². The van der Waals surface area contributed by atoms with Gasteiger partial charge in [-0.25, -0.2) is 4.79 Å². The largest absolute Gasteiger partial charge is 0.459 e. The summed E-state index contributed by atoms with van der Waals surface area (Å²) >= 11 is 0. The molecule has 1 aliphatic rings. The van der Waals surface area contributed by atoms with Gasteiger partial charge in [-0.15, -0.1) is 12.3 Å². The van der Waals surface area contributed by atoms with Gasteiger partial charge >= 0.3 is 5.97 Å². The van der Waals surface area contributed by atoms with Gasteiger partial charge in [0, 0.05) is 6.42 Å². The number of hydrogen-bond acceptors (Lipinski definition) is 3. The van der Waals surface area contributed by atoms with Gasteiger partial charge in [0.2, 0.25) is 0 Å². The molecule has 0 saturated carbocycles. The molecule has 0 aliphatic carbocycles. The summed E-state index contributed by atoms with van der Waals surface area (Å²) in [7, 11) is 0. The monoisotopic (exact) mass is 209 g/mol. The van der Waals surface area contributed by atoms with Crippen molar-refractivity contribution in [2.45, 2.75) is 51.2 Å². The van der Waals surface area contributed by atoms with Gasteiger partial charge < -0.3 is 10.1 Å². The van der Waals surface area contributed by atoms with Crippen molar-refractivity contribution in [3.8, 4) is 12.3 Å². The van der Waals surface area contributed by atoms with Crippen molar-refractivity contribution in [2.75, 3.05) is 6.54 Å². The fourth-order valence-corrected chi connectivity index (χ4v) is 1.75. The van der Waals surface area contributed by atoms with E-state index in [9.17, 15) is 4.79 Å². The molecule has 1 unspecified atom stereocenters. The van der Waals surface area contributed by atoms with Gasteiger partial charge in [-0.3, -0.25) is 0 Å². The predicted molar refractivity (Wildman–Crippen MR) is 59.3 cm³/mol. The van der Waals surface area contributed by atoms with Crippen molar-refractivity contribution in [1.82, 2.24) is 5.32 Å². The summed E-state index contributed by atoms with van der Waals surface area (Å²) in [6.45, 7) is 6.43. The Labute approximate surface area is 91.6 Å². The number of carbonyl (C=O) groups is 1. The van der Waals surface area contributed by atoms with Crippen LogP contribution in [0.2, 0.25) is 0 Å². The van der Waals surface area contributed by atoms with E-state index >= 15 is 0 Å². The summed E-state index contributed by atoms with van der Waals surface area (Å²) in [5.41, 5.74) is -1.09. The molecule has 0 aromatic heterocycles. The first-order chi connectivity index (χ1) is 6.90. The van der Waals surface area contributed by atoms with Crippen molar-refractivity contribution in [3.05, 3.63) is 0 Å². The van der Waals surface area contributed by atoms with E-state index in [-0.39, 0.29) is 5.97 Å². The van der Waals surface area contributed by atoms with Crippen LogP contribution < -0.4 is 5.32 Å². The third-order valence-corrected chi connectivity index (χ3v) is 2.44. The normalized spacial score (nSPS) is 26.0. The van der Waals surface area contributed by atoms with Crippen LogP contribution in [0.1, 0.15) is 40.0 Å². The Morgan fingerprint density at radius 2 is 2.27 bits per heavy atom. The zero-order valence-electron chi connectivity index (χ0n) is 9.72. The molecule has 1 atom stereocenters. The Balaban J connectivity index is 2.73. The molecule has 1 fully saturated rings. The molecule has 1 aliphatic heterocycles. The molecule has 1 rings (SSSR count). The highest BCUT2D eigenvalue weighted by molar-refractivity contribution is 5.82. The third kappa shape index (κ3) is 2.97. The first kappa shape index (κ1) is 12.1. The van der Waals surface area contributed by atoms with Crippen LogP contribution in [0.3, 0.4) is 0 Å². The lowest BCUT2D eigenvalue weighted by atomic mass is 9.93. The number of esters is 1. The van der Waals surface area contributed by atoms with Crippen molar-refractivity contribution in [1.29, 1.82) is 0 Å². The molecule has 84 valence electrons. The Morgan fingerprint density at radius 1 is 1.60 bits per heavy atom. The number of carbonyl (C=O) groups excluding carboxylic acids is 1. The number of rotatable bonds is 2. The fraction of sp³-hybridized carbons (Fsp3) is 0.750. The second-order valence-electron chi connectivity index (χ2n) is 5.00. The second kappa shape index (κ2) is 4.24. The molecule has 15 heavy (non-hydrogen) atoms. The lowest BCUT2D eigenvalue weighted by molar-refractivity contribution is -0.162. The fourth-order valence-electron chi connectivity index (χ4n) is 1.75. The molecule has 1 heterocycles. The first-order valence-corrected chi connectivity index (χ1v) is 5.32. The van der Waals surface area contributed by atoms with E-state index in [1.165, 1.54) is 0 Å². The maximum atomic E-state index is 12.0. The predicted octanol–water partition coefficient (Wildman–Crippen LogP) is 1.47. The van der Waals surface area contributed by atoms with Crippen LogP contribution >= 0.6 is 0 Å². The summed E-state index contributed by atoms with van der Waals surface area (Å²) in [5.74, 6) is 2.34. The lowest BCUT2D eigenvalue weighted by Gasteiger charge is -2.29. The molecule has 0 aromatic carbocycles. The molecule has 0 amide bonds. The van der Waals surface area contributed by atoms with E-state index in [2.05, 4.69) is 11.2 Å². The van der Waals surface area contributed by atoms with Crippen molar-refractivity contribution in [2.24, 2.45) is 0 Å². The smallest absolute Gasteiger partial charge is 0.327 e. The molecule has 0 aromatic rings. The number of terminal acetylenes is 1. The maximum absolute atomic E-state index is 12.0. The summed E-state index contributed by atoms with van der Waals surface area (Å²) < 4.78 is 5.38. The van der Waals surface area contributed by atoms with Gasteiger partial charge in [-0.1, -0.05) is 0 Å². The molecular weight excluding hydrogens is 190 g/mol. The molecule has 3 heteroatoms. The Kier molecular flexibility index (Phi) is 3.41. The van der Waals surface area contributed by atoms with Gasteiger partial charge in [-0.05, 0) is 40.2 Å². The summed E-state index contributed by atoms with van der Waals surface area (Å²) in [4.78, 5) is 12.0. The minimum atomic E-state index is -0.637. The van der Waals surface area contributed by atoms with E-state index in [1.807, 2.05) is 20.8 Å². The topological polar surface area (TPSA) is 38.3 Å². The number of nitrogens with one attached hydrogen (secondary N) is 1. The standard InChI is InChI=1S/C12H19NO2/c1-5-7-12(8-6-9-13-12)10(14)15-11(2,3)4/h1,13H,6-9H2,2-4H3. The van der Waals surface area contributed by atoms with Gasteiger partial charge in [-0.2, -0.15) is 0 Å². The number of hydrogen-bond donors (Lipinski definition) is 1. The highest BCUT2D eigenvalue weighted by Crippen LogP contribution is 2.26. The zero-order valence-corrected chi connectivity index (χ0v) is 9.72. The zero-order chi connectivity index (χ0) is 11.5. The van der Waals surface area contributed by atoms with Gasteiger partial charge in [0.1, 0.15) is 11.1 Å². The van der Waals surface area contributed by atoms with Crippen molar-refractivity contribution < 1.29 is 9.53 Å². The van der Waals surface area contributed by atoms with Crippen molar-refractivity contribution in [3.63, 3.8) is 0 Å². The summed E-state index contributed by atoms with van der Waals surface area (Å²) in [6.07, 6.45) is 7.45. The second-order valence-corrected chi connectivity index (χ2v) is 5.00.